The van der Waals surface area contributed by atoms with Crippen LogP contribution < -0.4 is 0 Å². The molecule has 1 aromatic rings. The molecule has 1 unspecified atom stereocenters. The van der Waals surface area contributed by atoms with Crippen LogP contribution in [0.1, 0.15) is 25.3 Å². The molecule has 1 rings (SSSR count). The smallest absolute Gasteiger partial charge is 0.137 e. The lowest BCUT2D eigenvalue weighted by molar-refractivity contribution is 0.163. The molecule has 78 valence electrons. The third-order valence-electron chi connectivity index (χ3n) is 2.11. The second kappa shape index (κ2) is 5.47. The quantitative estimate of drug-likeness (QED) is 0.881. The Morgan fingerprint density at radius 2 is 2.21 bits per heavy atom. The Balaban J connectivity index is 2.71. The molecule has 0 bridgehead atoms. The Kier molecular flexibility index (Phi) is 4.55. The van der Waals surface area contributed by atoms with Crippen LogP contribution in [0.4, 0.5) is 4.39 Å². The predicted octanol–water partition coefficient (Wildman–Crippen LogP) is 3.29. The molecule has 0 radical (unpaired) electrons. The zero-order chi connectivity index (χ0) is 10.6. The summed E-state index contributed by atoms with van der Waals surface area (Å²) in [5.74, 6) is -0.272. The van der Waals surface area contributed by atoms with Gasteiger partial charge in [-0.1, -0.05) is 25.5 Å². The van der Waals surface area contributed by atoms with Crippen molar-refractivity contribution in [3.05, 3.63) is 34.1 Å². The van der Waals surface area contributed by atoms with Crippen LogP contribution in [0, 0.1) is 5.82 Å². The molecule has 1 aromatic carbocycles. The van der Waals surface area contributed by atoms with E-state index in [1.165, 1.54) is 6.07 Å². The van der Waals surface area contributed by atoms with Gasteiger partial charge in [0.15, 0.2) is 0 Å². The highest BCUT2D eigenvalue weighted by atomic mass is 79.9. The van der Waals surface area contributed by atoms with E-state index in [2.05, 4.69) is 15.9 Å². The highest BCUT2D eigenvalue weighted by Crippen LogP contribution is 2.22. The largest absolute Gasteiger partial charge is 0.393 e. The van der Waals surface area contributed by atoms with Crippen LogP contribution in [0.3, 0.4) is 0 Å². The second-order valence-corrected chi connectivity index (χ2v) is 4.15. The van der Waals surface area contributed by atoms with E-state index in [0.717, 1.165) is 18.4 Å². The third-order valence-corrected chi connectivity index (χ3v) is 3.00. The van der Waals surface area contributed by atoms with Gasteiger partial charge >= 0.3 is 0 Å². The summed E-state index contributed by atoms with van der Waals surface area (Å²) < 4.78 is 13.6. The first-order valence-corrected chi connectivity index (χ1v) is 5.55. The van der Waals surface area contributed by atoms with E-state index in [1.807, 2.05) is 13.0 Å². The number of halogens is 2. The number of benzene rings is 1. The van der Waals surface area contributed by atoms with Gasteiger partial charge in [0, 0.05) is 0 Å². The van der Waals surface area contributed by atoms with Crippen molar-refractivity contribution < 1.29 is 9.50 Å². The highest BCUT2D eigenvalue weighted by Gasteiger charge is 2.09. The Morgan fingerprint density at radius 3 is 2.86 bits per heavy atom. The molecule has 0 aromatic heterocycles. The minimum atomic E-state index is -0.377. The summed E-state index contributed by atoms with van der Waals surface area (Å²) >= 11 is 3.17. The summed E-state index contributed by atoms with van der Waals surface area (Å²) in [6.07, 6.45) is 1.82. The van der Waals surface area contributed by atoms with Gasteiger partial charge < -0.3 is 5.11 Å². The lowest BCUT2D eigenvalue weighted by Gasteiger charge is -2.10. The second-order valence-electron chi connectivity index (χ2n) is 3.36. The van der Waals surface area contributed by atoms with Crippen molar-refractivity contribution in [2.45, 2.75) is 32.3 Å². The average Bonchev–Trinajstić information content (AvgIpc) is 2.13. The molecule has 0 aliphatic heterocycles. The molecule has 0 spiro atoms. The van der Waals surface area contributed by atoms with Crippen LogP contribution in [0.2, 0.25) is 0 Å². The molecule has 0 aliphatic rings. The van der Waals surface area contributed by atoms with E-state index in [4.69, 9.17) is 0 Å². The molecule has 1 nitrogen and oxygen atoms in total. The maximum atomic E-state index is 13.1. The first-order chi connectivity index (χ1) is 6.65. The van der Waals surface area contributed by atoms with Gasteiger partial charge in [-0.25, -0.2) is 4.39 Å². The summed E-state index contributed by atoms with van der Waals surface area (Å²) in [5.41, 5.74) is 0.825. The third kappa shape index (κ3) is 3.07. The van der Waals surface area contributed by atoms with Crippen molar-refractivity contribution in [2.75, 3.05) is 0 Å². The van der Waals surface area contributed by atoms with Crippen LogP contribution in [-0.2, 0) is 6.42 Å². The van der Waals surface area contributed by atoms with Gasteiger partial charge in [0.05, 0.1) is 10.6 Å². The van der Waals surface area contributed by atoms with Crippen molar-refractivity contribution in [2.24, 2.45) is 0 Å². The normalized spacial score (nSPS) is 12.9. The Labute approximate surface area is 92.1 Å². The molecular weight excluding hydrogens is 247 g/mol. The van der Waals surface area contributed by atoms with Crippen molar-refractivity contribution in [3.8, 4) is 0 Å². The number of hydrogen-bond acceptors (Lipinski definition) is 1. The minimum Gasteiger partial charge on any atom is -0.393 e. The number of aliphatic hydroxyl groups excluding tert-OH is 1. The SMILES string of the molecule is CCCC(O)Cc1cccc(F)c1Br. The minimum absolute atomic E-state index is 0.272. The fraction of sp³-hybridized carbons (Fsp3) is 0.455. The van der Waals surface area contributed by atoms with Crippen molar-refractivity contribution >= 4 is 15.9 Å². The van der Waals surface area contributed by atoms with Gasteiger partial charge in [-0.3, -0.25) is 0 Å². The van der Waals surface area contributed by atoms with Crippen molar-refractivity contribution in [3.63, 3.8) is 0 Å². The number of hydrogen-bond donors (Lipinski definition) is 1. The van der Waals surface area contributed by atoms with Gasteiger partial charge in [0.2, 0.25) is 0 Å². The maximum absolute atomic E-state index is 13.1. The molecule has 0 saturated carbocycles. The lowest BCUT2D eigenvalue weighted by Crippen LogP contribution is -2.10. The zero-order valence-electron chi connectivity index (χ0n) is 8.13. The van der Waals surface area contributed by atoms with Gasteiger partial charge in [-0.15, -0.1) is 0 Å². The molecule has 0 aliphatic carbocycles. The summed E-state index contributed by atoms with van der Waals surface area (Å²) in [7, 11) is 0. The van der Waals surface area contributed by atoms with Crippen LogP contribution in [-0.4, -0.2) is 11.2 Å². The van der Waals surface area contributed by atoms with E-state index in [-0.39, 0.29) is 11.9 Å². The topological polar surface area (TPSA) is 20.2 Å². The first kappa shape index (κ1) is 11.7. The molecule has 0 amide bonds. The van der Waals surface area contributed by atoms with Crippen molar-refractivity contribution in [1.29, 1.82) is 0 Å². The van der Waals surface area contributed by atoms with E-state index >= 15 is 0 Å². The van der Waals surface area contributed by atoms with Crippen LogP contribution in [0.15, 0.2) is 22.7 Å². The van der Waals surface area contributed by atoms with Crippen LogP contribution in [0.25, 0.3) is 0 Å². The van der Waals surface area contributed by atoms with E-state index in [1.54, 1.807) is 6.07 Å². The van der Waals surface area contributed by atoms with E-state index < -0.39 is 0 Å². The first-order valence-electron chi connectivity index (χ1n) is 4.76. The molecule has 1 atom stereocenters. The molecule has 0 fully saturated rings. The van der Waals surface area contributed by atoms with Crippen LogP contribution >= 0.6 is 15.9 Å². The molecule has 0 saturated heterocycles. The highest BCUT2D eigenvalue weighted by molar-refractivity contribution is 9.10. The van der Waals surface area contributed by atoms with Gasteiger partial charge in [0.1, 0.15) is 5.82 Å². The van der Waals surface area contributed by atoms with Gasteiger partial charge in [0.25, 0.3) is 0 Å². The Morgan fingerprint density at radius 1 is 1.50 bits per heavy atom. The number of aliphatic hydroxyl groups is 1. The monoisotopic (exact) mass is 260 g/mol. The fourth-order valence-electron chi connectivity index (χ4n) is 1.40. The molecule has 14 heavy (non-hydrogen) atoms. The Hall–Kier alpha value is -0.410. The van der Waals surface area contributed by atoms with E-state index in [0.29, 0.717) is 10.9 Å². The number of rotatable bonds is 4. The molecular formula is C11H14BrFO. The summed E-state index contributed by atoms with van der Waals surface area (Å²) in [6.45, 7) is 2.02. The Bertz CT molecular complexity index is 301. The maximum Gasteiger partial charge on any atom is 0.137 e. The molecule has 3 heteroatoms. The fourth-order valence-corrected chi connectivity index (χ4v) is 1.82. The van der Waals surface area contributed by atoms with Crippen molar-refractivity contribution in [1.82, 2.24) is 0 Å². The zero-order valence-corrected chi connectivity index (χ0v) is 9.72. The molecule has 0 heterocycles. The van der Waals surface area contributed by atoms with Gasteiger partial charge in [-0.2, -0.15) is 0 Å². The predicted molar refractivity (Wildman–Crippen MR) is 58.7 cm³/mol. The standard InChI is InChI=1S/C11H14BrFO/c1-2-4-9(14)7-8-5-3-6-10(13)11(8)12/h3,5-6,9,14H,2,4,7H2,1H3. The summed E-state index contributed by atoms with van der Waals surface area (Å²) in [5, 5.41) is 9.57. The van der Waals surface area contributed by atoms with Gasteiger partial charge in [-0.05, 0) is 40.4 Å². The lowest BCUT2D eigenvalue weighted by atomic mass is 10.0. The summed E-state index contributed by atoms with van der Waals surface area (Å²) in [4.78, 5) is 0. The van der Waals surface area contributed by atoms with E-state index in [9.17, 15) is 9.50 Å². The summed E-state index contributed by atoms with van der Waals surface area (Å²) in [6, 6.07) is 4.89. The van der Waals surface area contributed by atoms with Crippen LogP contribution in [0.5, 0.6) is 0 Å². The average molecular weight is 261 g/mol. The molecule has 1 N–H and O–H groups in total.